The van der Waals surface area contributed by atoms with E-state index in [-0.39, 0.29) is 0 Å². The minimum absolute atomic E-state index is 0.700. The molecule has 1 N–H and O–H groups in total. The maximum Gasteiger partial charge on any atom is 0.141 e. The van der Waals surface area contributed by atoms with E-state index in [4.69, 9.17) is 9.47 Å². The van der Waals surface area contributed by atoms with Gasteiger partial charge in [0.05, 0.1) is 19.4 Å². The molecule has 2 aromatic rings. The Kier molecular flexibility index (Phi) is 5.30. The Bertz CT molecular complexity index is 523. The monoisotopic (exact) mass is 271 g/mol. The Morgan fingerprint density at radius 1 is 1.00 bits per heavy atom. The number of anilines is 1. The van der Waals surface area contributed by atoms with E-state index in [1.807, 2.05) is 36.4 Å². The van der Waals surface area contributed by atoms with E-state index in [2.05, 4.69) is 24.4 Å². The second kappa shape index (κ2) is 7.43. The number of aryl methyl sites for hydroxylation is 1. The molecule has 2 rings (SSSR count). The molecule has 0 aliphatic rings. The molecule has 0 saturated heterocycles. The van der Waals surface area contributed by atoms with Crippen LogP contribution in [0.1, 0.15) is 12.0 Å². The van der Waals surface area contributed by atoms with E-state index in [0.29, 0.717) is 6.61 Å². The predicted octanol–water partition coefficient (Wildman–Crippen LogP) is 3.88. The molecular formula is C17H21NO2. The van der Waals surface area contributed by atoms with Gasteiger partial charge in [-0.05, 0) is 37.6 Å². The molecule has 2 aromatic carbocycles. The summed E-state index contributed by atoms with van der Waals surface area (Å²) in [4.78, 5) is 0. The number of methoxy groups -OCH3 is 1. The van der Waals surface area contributed by atoms with Gasteiger partial charge in [-0.15, -0.1) is 0 Å². The third-order valence-electron chi connectivity index (χ3n) is 3.03. The van der Waals surface area contributed by atoms with Gasteiger partial charge in [-0.1, -0.05) is 29.8 Å². The van der Waals surface area contributed by atoms with Crippen LogP contribution in [0.2, 0.25) is 0 Å². The highest BCUT2D eigenvalue weighted by Gasteiger charge is 2.00. The van der Waals surface area contributed by atoms with Crippen LogP contribution in [0.3, 0.4) is 0 Å². The third kappa shape index (κ3) is 4.19. The second-order valence-corrected chi connectivity index (χ2v) is 4.64. The lowest BCUT2D eigenvalue weighted by atomic mass is 10.2. The van der Waals surface area contributed by atoms with Crippen molar-refractivity contribution in [1.29, 1.82) is 0 Å². The topological polar surface area (TPSA) is 30.5 Å². The van der Waals surface area contributed by atoms with Crippen LogP contribution in [0, 0.1) is 6.92 Å². The first kappa shape index (κ1) is 14.3. The molecule has 0 amide bonds. The van der Waals surface area contributed by atoms with E-state index in [1.165, 1.54) is 5.56 Å². The van der Waals surface area contributed by atoms with Crippen LogP contribution in [0.15, 0.2) is 48.5 Å². The Morgan fingerprint density at radius 2 is 1.75 bits per heavy atom. The van der Waals surface area contributed by atoms with Crippen LogP contribution < -0.4 is 14.8 Å². The summed E-state index contributed by atoms with van der Waals surface area (Å²) in [5.41, 5.74) is 2.26. The number of benzene rings is 2. The van der Waals surface area contributed by atoms with Crippen molar-refractivity contribution in [3.05, 3.63) is 54.1 Å². The molecule has 0 spiro atoms. The zero-order chi connectivity index (χ0) is 14.2. The summed E-state index contributed by atoms with van der Waals surface area (Å²) in [5, 5.41) is 3.35. The highest BCUT2D eigenvalue weighted by molar-refractivity contribution is 5.55. The van der Waals surface area contributed by atoms with Crippen LogP contribution in [0.5, 0.6) is 11.5 Å². The highest BCUT2D eigenvalue weighted by Crippen LogP contribution is 2.22. The molecule has 3 nitrogen and oxygen atoms in total. The third-order valence-corrected chi connectivity index (χ3v) is 3.03. The Labute approximate surface area is 120 Å². The van der Waals surface area contributed by atoms with Crippen LogP contribution >= 0.6 is 0 Å². The van der Waals surface area contributed by atoms with E-state index in [9.17, 15) is 0 Å². The maximum absolute atomic E-state index is 5.68. The number of hydrogen-bond acceptors (Lipinski definition) is 3. The van der Waals surface area contributed by atoms with Gasteiger partial charge in [-0.2, -0.15) is 0 Å². The Balaban J connectivity index is 1.70. The summed E-state index contributed by atoms with van der Waals surface area (Å²) in [5.74, 6) is 1.79. The van der Waals surface area contributed by atoms with Crippen LogP contribution in [-0.2, 0) is 0 Å². The quantitative estimate of drug-likeness (QED) is 0.775. The van der Waals surface area contributed by atoms with Crippen molar-refractivity contribution in [3.8, 4) is 11.5 Å². The fraction of sp³-hybridized carbons (Fsp3) is 0.294. The molecule has 0 aromatic heterocycles. The van der Waals surface area contributed by atoms with Gasteiger partial charge in [0, 0.05) is 6.54 Å². The maximum atomic E-state index is 5.68. The van der Waals surface area contributed by atoms with Gasteiger partial charge < -0.3 is 14.8 Å². The first-order valence-corrected chi connectivity index (χ1v) is 6.86. The minimum atomic E-state index is 0.700. The molecule has 0 saturated carbocycles. The molecule has 0 unspecified atom stereocenters. The lowest BCUT2D eigenvalue weighted by molar-refractivity contribution is 0.315. The van der Waals surface area contributed by atoms with Gasteiger partial charge in [0.1, 0.15) is 11.5 Å². The summed E-state index contributed by atoms with van der Waals surface area (Å²) >= 11 is 0. The first-order valence-electron chi connectivity index (χ1n) is 6.86. The average molecular weight is 271 g/mol. The van der Waals surface area contributed by atoms with Gasteiger partial charge in [0.15, 0.2) is 0 Å². The fourth-order valence-corrected chi connectivity index (χ4v) is 1.91. The number of nitrogens with one attached hydrogen (secondary N) is 1. The zero-order valence-corrected chi connectivity index (χ0v) is 12.1. The van der Waals surface area contributed by atoms with Crippen molar-refractivity contribution >= 4 is 5.69 Å². The Hall–Kier alpha value is -2.16. The van der Waals surface area contributed by atoms with Crippen molar-refractivity contribution < 1.29 is 9.47 Å². The molecule has 0 fully saturated rings. The molecule has 106 valence electrons. The van der Waals surface area contributed by atoms with E-state index < -0.39 is 0 Å². The van der Waals surface area contributed by atoms with Crippen molar-refractivity contribution in [3.63, 3.8) is 0 Å². The van der Waals surface area contributed by atoms with Crippen molar-refractivity contribution in [1.82, 2.24) is 0 Å². The van der Waals surface area contributed by atoms with Crippen molar-refractivity contribution in [2.75, 3.05) is 25.6 Å². The number of hydrogen-bond donors (Lipinski definition) is 1. The van der Waals surface area contributed by atoms with Gasteiger partial charge in [0.25, 0.3) is 0 Å². The zero-order valence-electron chi connectivity index (χ0n) is 12.1. The van der Waals surface area contributed by atoms with E-state index >= 15 is 0 Å². The van der Waals surface area contributed by atoms with Crippen LogP contribution in [0.4, 0.5) is 5.69 Å². The van der Waals surface area contributed by atoms with E-state index in [0.717, 1.165) is 30.2 Å². The summed E-state index contributed by atoms with van der Waals surface area (Å²) in [6.07, 6.45) is 0.936. The molecule has 3 heteroatoms. The lowest BCUT2D eigenvalue weighted by Crippen LogP contribution is -2.08. The number of rotatable bonds is 7. The summed E-state index contributed by atoms with van der Waals surface area (Å²) < 4.78 is 11.0. The van der Waals surface area contributed by atoms with Gasteiger partial charge in [-0.3, -0.25) is 0 Å². The van der Waals surface area contributed by atoms with Gasteiger partial charge in [0.2, 0.25) is 0 Å². The number of ether oxygens (including phenoxy) is 2. The smallest absolute Gasteiger partial charge is 0.141 e. The number of para-hydroxylation sites is 2. The predicted molar refractivity (Wildman–Crippen MR) is 82.8 cm³/mol. The Morgan fingerprint density at radius 3 is 2.50 bits per heavy atom. The van der Waals surface area contributed by atoms with Crippen LogP contribution in [-0.4, -0.2) is 20.3 Å². The van der Waals surface area contributed by atoms with Gasteiger partial charge in [-0.25, -0.2) is 0 Å². The molecule has 0 aliphatic heterocycles. The fourth-order valence-electron chi connectivity index (χ4n) is 1.91. The van der Waals surface area contributed by atoms with E-state index in [1.54, 1.807) is 7.11 Å². The second-order valence-electron chi connectivity index (χ2n) is 4.64. The molecule has 0 atom stereocenters. The summed E-state index contributed by atoms with van der Waals surface area (Å²) in [6, 6.07) is 16.0. The van der Waals surface area contributed by atoms with Gasteiger partial charge >= 0.3 is 0 Å². The molecule has 0 aliphatic carbocycles. The summed E-state index contributed by atoms with van der Waals surface area (Å²) in [7, 11) is 1.68. The highest BCUT2D eigenvalue weighted by atomic mass is 16.5. The van der Waals surface area contributed by atoms with Crippen molar-refractivity contribution in [2.24, 2.45) is 0 Å². The molecule has 0 bridgehead atoms. The van der Waals surface area contributed by atoms with Crippen LogP contribution in [0.25, 0.3) is 0 Å². The standard InChI is InChI=1S/C17H21NO2/c1-14-8-10-15(11-9-14)20-13-5-12-18-16-6-3-4-7-17(16)19-2/h3-4,6-11,18H,5,12-13H2,1-2H3. The molecule has 0 radical (unpaired) electrons. The largest absolute Gasteiger partial charge is 0.495 e. The first-order chi connectivity index (χ1) is 9.79. The molecule has 20 heavy (non-hydrogen) atoms. The molecule has 0 heterocycles. The SMILES string of the molecule is COc1ccccc1NCCCOc1ccc(C)cc1. The van der Waals surface area contributed by atoms with Crippen molar-refractivity contribution in [2.45, 2.75) is 13.3 Å². The normalized spacial score (nSPS) is 10.1. The molecular weight excluding hydrogens is 250 g/mol. The lowest BCUT2D eigenvalue weighted by Gasteiger charge is -2.11. The average Bonchev–Trinajstić information content (AvgIpc) is 2.49. The minimum Gasteiger partial charge on any atom is -0.495 e. The summed E-state index contributed by atoms with van der Waals surface area (Å²) in [6.45, 7) is 3.62.